The van der Waals surface area contributed by atoms with Gasteiger partial charge < -0.3 is 4.74 Å². The highest BCUT2D eigenvalue weighted by Gasteiger charge is 1.70. The van der Waals surface area contributed by atoms with Crippen molar-refractivity contribution in [1.82, 2.24) is 0 Å². The van der Waals surface area contributed by atoms with Crippen molar-refractivity contribution in [2.24, 2.45) is 0 Å². The van der Waals surface area contributed by atoms with Crippen LogP contribution in [0.1, 0.15) is 0 Å². The molecule has 0 aliphatic carbocycles. The number of hydrogen-bond acceptors (Lipinski definition) is 3. The van der Waals surface area contributed by atoms with Gasteiger partial charge in [-0.2, -0.15) is 0 Å². The van der Waals surface area contributed by atoms with E-state index in [0.717, 1.165) is 0 Å². The average molecular weight is 88.1 g/mol. The lowest BCUT2D eigenvalue weighted by Crippen LogP contribution is -1.89. The first-order chi connectivity index (χ1) is 2.91. The molecule has 34 valence electrons. The predicted octanol–water partition coefficient (Wildman–Crippen LogP) is -0.642. The summed E-state index contributed by atoms with van der Waals surface area (Å²) in [5.74, 6) is 0. The number of carbonyl (C=O) groups is 2. The number of rotatable bonds is 3. The fourth-order valence-corrected chi connectivity index (χ4v) is 0.0786. The summed E-state index contributed by atoms with van der Waals surface area (Å²) in [5.41, 5.74) is 0. The van der Waals surface area contributed by atoms with Crippen LogP contribution in [0.4, 0.5) is 0 Å². The van der Waals surface area contributed by atoms with Crippen molar-refractivity contribution in [3.05, 3.63) is 0 Å². The zero-order chi connectivity index (χ0) is 4.83. The Bertz CT molecular complexity index is 42.0. The summed E-state index contributed by atoms with van der Waals surface area (Å²) in [5, 5.41) is 0. The predicted molar refractivity (Wildman–Crippen MR) is 18.1 cm³/mol. The van der Waals surface area contributed by atoms with E-state index in [4.69, 9.17) is 0 Å². The molecule has 0 saturated heterocycles. The van der Waals surface area contributed by atoms with E-state index >= 15 is 0 Å². The molecule has 0 radical (unpaired) electrons. The molecule has 0 atom stereocenters. The number of carbonyl (C=O) groups excluding carboxylic acids is 2. The lowest BCUT2D eigenvalue weighted by Gasteiger charge is -1.79. The van der Waals surface area contributed by atoms with Crippen LogP contribution in [0.2, 0.25) is 0 Å². The fourth-order valence-electron chi connectivity index (χ4n) is 0.0786. The fraction of sp³-hybridized carbons (Fsp3) is 0.333. The van der Waals surface area contributed by atoms with Crippen LogP contribution in [0.15, 0.2) is 0 Å². The van der Waals surface area contributed by atoms with Crippen LogP contribution in [0.25, 0.3) is 0 Å². The van der Waals surface area contributed by atoms with E-state index in [1.54, 1.807) is 0 Å². The van der Waals surface area contributed by atoms with Gasteiger partial charge in [0.2, 0.25) is 0 Å². The van der Waals surface area contributed by atoms with Crippen LogP contribution in [0, 0.1) is 0 Å². The molecule has 0 aromatic heterocycles. The molecule has 6 heavy (non-hydrogen) atoms. The van der Waals surface area contributed by atoms with E-state index in [2.05, 4.69) is 4.74 Å². The van der Waals surface area contributed by atoms with Gasteiger partial charge in [0.05, 0.1) is 0 Å². The molecule has 0 spiro atoms. The maximum atomic E-state index is 9.28. The summed E-state index contributed by atoms with van der Waals surface area (Å²) in [6, 6.07) is 0. The molecule has 0 fully saturated rings. The van der Waals surface area contributed by atoms with Crippen LogP contribution < -0.4 is 0 Å². The Hall–Kier alpha value is -0.860. The molecular formula is C3H4O3. The Balaban J connectivity index is 2.66. The van der Waals surface area contributed by atoms with Crippen LogP contribution in [-0.2, 0) is 14.3 Å². The topological polar surface area (TPSA) is 43.4 Å². The third kappa shape index (κ3) is 3.14. The van der Waals surface area contributed by atoms with Crippen molar-refractivity contribution in [2.75, 3.05) is 6.61 Å². The summed E-state index contributed by atoms with van der Waals surface area (Å²) in [6.07, 6.45) is 0.508. The first-order valence-corrected chi connectivity index (χ1v) is 1.40. The monoisotopic (exact) mass is 88.0 g/mol. The van der Waals surface area contributed by atoms with Crippen LogP contribution in [0.5, 0.6) is 0 Å². The van der Waals surface area contributed by atoms with E-state index < -0.39 is 0 Å². The zero-order valence-electron chi connectivity index (χ0n) is 3.09. The van der Waals surface area contributed by atoms with E-state index in [-0.39, 0.29) is 13.1 Å². The minimum absolute atomic E-state index is 0.135. The van der Waals surface area contributed by atoms with Gasteiger partial charge in [-0.1, -0.05) is 0 Å². The highest BCUT2D eigenvalue weighted by atomic mass is 16.5. The van der Waals surface area contributed by atoms with Gasteiger partial charge in [-0.15, -0.1) is 0 Å². The first-order valence-electron chi connectivity index (χ1n) is 1.40. The Morgan fingerprint density at radius 3 is 2.33 bits per heavy atom. The molecule has 3 nitrogen and oxygen atoms in total. The SMILES string of the molecule is O=CCOC=O. The lowest BCUT2D eigenvalue weighted by molar-refractivity contribution is -0.132. The molecule has 0 heterocycles. The van der Waals surface area contributed by atoms with Crippen molar-refractivity contribution in [1.29, 1.82) is 0 Å². The van der Waals surface area contributed by atoms with Crippen molar-refractivity contribution in [3.8, 4) is 0 Å². The number of hydrogen-bond donors (Lipinski definition) is 0. The summed E-state index contributed by atoms with van der Waals surface area (Å²) in [6.45, 7) is 0.0951. The summed E-state index contributed by atoms with van der Waals surface area (Å²) in [7, 11) is 0. The number of aldehydes is 1. The molecule has 0 rings (SSSR count). The third-order valence-corrected chi connectivity index (χ3v) is 0.232. The Morgan fingerprint density at radius 1 is 1.50 bits per heavy atom. The van der Waals surface area contributed by atoms with Gasteiger partial charge in [0.15, 0.2) is 6.29 Å². The Kier molecular flexibility index (Phi) is 3.55. The van der Waals surface area contributed by atoms with Gasteiger partial charge in [-0.25, -0.2) is 0 Å². The van der Waals surface area contributed by atoms with E-state index in [0.29, 0.717) is 6.29 Å². The van der Waals surface area contributed by atoms with E-state index in [9.17, 15) is 9.59 Å². The summed E-state index contributed by atoms with van der Waals surface area (Å²) in [4.78, 5) is 18.5. The molecule has 0 unspecified atom stereocenters. The average Bonchev–Trinajstić information content (AvgIpc) is 1.61. The van der Waals surface area contributed by atoms with Gasteiger partial charge >= 0.3 is 0 Å². The molecule has 0 aromatic carbocycles. The Morgan fingerprint density at radius 2 is 2.17 bits per heavy atom. The molecular weight excluding hydrogens is 84.0 g/mol. The molecule has 0 aliphatic heterocycles. The van der Waals surface area contributed by atoms with Gasteiger partial charge in [-0.05, 0) is 0 Å². The first kappa shape index (κ1) is 5.14. The summed E-state index contributed by atoms with van der Waals surface area (Å²) >= 11 is 0. The van der Waals surface area contributed by atoms with Crippen LogP contribution >= 0.6 is 0 Å². The highest BCUT2D eigenvalue weighted by Crippen LogP contribution is 1.53. The third-order valence-electron chi connectivity index (χ3n) is 0.232. The van der Waals surface area contributed by atoms with Crippen molar-refractivity contribution < 1.29 is 14.3 Å². The quantitative estimate of drug-likeness (QED) is 0.340. The standard InChI is InChI=1S/C3H4O3/c4-1-2-6-3-5/h1,3H,2H2. The molecule has 0 amide bonds. The number of ether oxygens (including phenoxy) is 1. The molecule has 0 bridgehead atoms. The smallest absolute Gasteiger partial charge is 0.293 e. The van der Waals surface area contributed by atoms with E-state index in [1.165, 1.54) is 0 Å². The van der Waals surface area contributed by atoms with Crippen molar-refractivity contribution in [3.63, 3.8) is 0 Å². The second-order valence-electron chi connectivity index (χ2n) is 0.596. The van der Waals surface area contributed by atoms with E-state index in [1.807, 2.05) is 0 Å². The summed E-state index contributed by atoms with van der Waals surface area (Å²) < 4.78 is 3.93. The van der Waals surface area contributed by atoms with Gasteiger partial charge in [-0.3, -0.25) is 9.59 Å². The normalized spacial score (nSPS) is 6.67. The maximum Gasteiger partial charge on any atom is 0.293 e. The van der Waals surface area contributed by atoms with Gasteiger partial charge in [0.25, 0.3) is 6.47 Å². The molecule has 0 aromatic rings. The minimum atomic E-state index is -0.135. The molecule has 0 N–H and O–H groups in total. The van der Waals surface area contributed by atoms with Gasteiger partial charge in [0.1, 0.15) is 6.61 Å². The molecule has 0 saturated carbocycles. The lowest BCUT2D eigenvalue weighted by atomic mass is 10.8. The second-order valence-corrected chi connectivity index (χ2v) is 0.596. The molecule has 3 heteroatoms. The van der Waals surface area contributed by atoms with Crippen molar-refractivity contribution in [2.45, 2.75) is 0 Å². The van der Waals surface area contributed by atoms with Crippen molar-refractivity contribution >= 4 is 12.8 Å². The molecule has 0 aliphatic rings. The Labute approximate surface area is 34.9 Å². The highest BCUT2D eigenvalue weighted by molar-refractivity contribution is 5.53. The zero-order valence-corrected chi connectivity index (χ0v) is 3.09. The van der Waals surface area contributed by atoms with Crippen LogP contribution in [-0.4, -0.2) is 19.4 Å². The maximum absolute atomic E-state index is 9.28. The van der Waals surface area contributed by atoms with Crippen LogP contribution in [0.3, 0.4) is 0 Å². The second kappa shape index (κ2) is 4.14. The largest absolute Gasteiger partial charge is 0.460 e. The minimum Gasteiger partial charge on any atom is -0.460 e. The van der Waals surface area contributed by atoms with Gasteiger partial charge in [0, 0.05) is 0 Å².